The van der Waals surface area contributed by atoms with Gasteiger partial charge in [0.15, 0.2) is 0 Å². The van der Waals surface area contributed by atoms with E-state index in [4.69, 9.17) is 0 Å². The van der Waals surface area contributed by atoms with Crippen molar-refractivity contribution < 1.29 is 4.79 Å². The predicted octanol–water partition coefficient (Wildman–Crippen LogP) is 3.31. The van der Waals surface area contributed by atoms with Crippen molar-refractivity contribution in [1.29, 1.82) is 0 Å². The molecule has 0 radical (unpaired) electrons. The molecule has 1 N–H and O–H groups in total. The maximum Gasteiger partial charge on any atom is 0.224 e. The van der Waals surface area contributed by atoms with Crippen LogP contribution in [0.15, 0.2) is 24.3 Å². The lowest BCUT2D eigenvalue weighted by molar-refractivity contribution is -0.129. The topological polar surface area (TPSA) is 32.3 Å². The van der Waals surface area contributed by atoms with Gasteiger partial charge < -0.3 is 10.2 Å². The summed E-state index contributed by atoms with van der Waals surface area (Å²) in [5, 5.41) is 3.29. The summed E-state index contributed by atoms with van der Waals surface area (Å²) < 4.78 is 0. The molecule has 0 aliphatic heterocycles. The summed E-state index contributed by atoms with van der Waals surface area (Å²) in [7, 11) is 1.88. The highest BCUT2D eigenvalue weighted by atomic mass is 16.2. The van der Waals surface area contributed by atoms with Crippen LogP contribution in [0, 0.1) is 0 Å². The Hall–Kier alpha value is -1.51. The highest BCUT2D eigenvalue weighted by molar-refractivity contribution is 5.76. The van der Waals surface area contributed by atoms with E-state index in [1.165, 1.54) is 5.56 Å². The number of nitrogens with one attached hydrogen (secondary N) is 1. The second-order valence-corrected chi connectivity index (χ2v) is 4.90. The molecule has 1 aromatic carbocycles. The van der Waals surface area contributed by atoms with Crippen LogP contribution in [0.1, 0.15) is 38.7 Å². The molecule has 3 nitrogen and oxygen atoms in total. The van der Waals surface area contributed by atoms with E-state index in [0.29, 0.717) is 13.0 Å². The van der Waals surface area contributed by atoms with Crippen LogP contribution in [0.3, 0.4) is 0 Å². The van der Waals surface area contributed by atoms with Crippen molar-refractivity contribution in [2.45, 2.75) is 39.5 Å². The van der Waals surface area contributed by atoms with Crippen molar-refractivity contribution in [3.8, 4) is 0 Å². The summed E-state index contributed by atoms with van der Waals surface area (Å²) in [5.74, 6) is 0.214. The van der Waals surface area contributed by atoms with Crippen LogP contribution in [0.4, 0.5) is 5.69 Å². The van der Waals surface area contributed by atoms with Gasteiger partial charge in [-0.25, -0.2) is 0 Å². The monoisotopic (exact) mass is 262 g/mol. The number of aryl methyl sites for hydroxylation is 1. The molecule has 1 aromatic rings. The van der Waals surface area contributed by atoms with Crippen LogP contribution in [0.2, 0.25) is 0 Å². The molecule has 0 saturated heterocycles. The fourth-order valence-corrected chi connectivity index (χ4v) is 1.88. The summed E-state index contributed by atoms with van der Waals surface area (Å²) in [6, 6.07) is 8.39. The van der Waals surface area contributed by atoms with E-state index < -0.39 is 0 Å². The minimum Gasteiger partial charge on any atom is -0.385 e. The Morgan fingerprint density at radius 2 is 1.89 bits per heavy atom. The van der Waals surface area contributed by atoms with E-state index in [1.807, 2.05) is 11.9 Å². The lowest BCUT2D eigenvalue weighted by Crippen LogP contribution is -2.29. The smallest absolute Gasteiger partial charge is 0.224 e. The molecule has 0 atom stereocenters. The van der Waals surface area contributed by atoms with Gasteiger partial charge in [0, 0.05) is 32.2 Å². The molecule has 0 bridgehead atoms. The number of hydrogen-bond acceptors (Lipinski definition) is 2. The molecule has 19 heavy (non-hydrogen) atoms. The molecule has 0 aliphatic rings. The van der Waals surface area contributed by atoms with Crippen LogP contribution in [0.5, 0.6) is 0 Å². The standard InChI is InChI=1S/C16H26N2O/c1-4-6-13-18(3)16(19)11-12-17-15-9-7-14(5-2)8-10-15/h7-10,17H,4-6,11-13H2,1-3H3. The van der Waals surface area contributed by atoms with Gasteiger partial charge >= 0.3 is 0 Å². The summed E-state index contributed by atoms with van der Waals surface area (Å²) >= 11 is 0. The first-order valence-corrected chi connectivity index (χ1v) is 7.24. The molecule has 3 heteroatoms. The number of unbranched alkanes of at least 4 members (excludes halogenated alkanes) is 1. The van der Waals surface area contributed by atoms with Gasteiger partial charge in [-0.15, -0.1) is 0 Å². The lowest BCUT2D eigenvalue weighted by Gasteiger charge is -2.17. The lowest BCUT2D eigenvalue weighted by atomic mass is 10.1. The predicted molar refractivity (Wildman–Crippen MR) is 81.5 cm³/mol. The van der Waals surface area contributed by atoms with Crippen molar-refractivity contribution in [2.24, 2.45) is 0 Å². The van der Waals surface area contributed by atoms with Crippen molar-refractivity contribution in [2.75, 3.05) is 25.5 Å². The van der Waals surface area contributed by atoms with Crippen molar-refractivity contribution in [3.05, 3.63) is 29.8 Å². The van der Waals surface area contributed by atoms with Gasteiger partial charge in [-0.2, -0.15) is 0 Å². The Balaban J connectivity index is 2.27. The van der Waals surface area contributed by atoms with Gasteiger partial charge in [0.2, 0.25) is 5.91 Å². The highest BCUT2D eigenvalue weighted by Gasteiger charge is 2.07. The average Bonchev–Trinajstić information content (AvgIpc) is 2.45. The van der Waals surface area contributed by atoms with Crippen molar-refractivity contribution in [3.63, 3.8) is 0 Å². The fourth-order valence-electron chi connectivity index (χ4n) is 1.88. The zero-order valence-corrected chi connectivity index (χ0v) is 12.4. The molecular formula is C16H26N2O. The number of rotatable bonds is 8. The van der Waals surface area contributed by atoms with Crippen LogP contribution >= 0.6 is 0 Å². The average molecular weight is 262 g/mol. The Morgan fingerprint density at radius 3 is 2.47 bits per heavy atom. The Kier molecular flexibility index (Phi) is 7.01. The molecule has 0 aromatic heterocycles. The number of carbonyl (C=O) groups is 1. The van der Waals surface area contributed by atoms with Gasteiger partial charge in [0.05, 0.1) is 0 Å². The largest absolute Gasteiger partial charge is 0.385 e. The summed E-state index contributed by atoms with van der Waals surface area (Å²) in [4.78, 5) is 13.7. The highest BCUT2D eigenvalue weighted by Crippen LogP contribution is 2.09. The number of carbonyl (C=O) groups excluding carboxylic acids is 1. The molecule has 0 unspecified atom stereocenters. The zero-order chi connectivity index (χ0) is 14.1. The Morgan fingerprint density at radius 1 is 1.21 bits per heavy atom. The molecule has 0 fully saturated rings. The number of hydrogen-bond donors (Lipinski definition) is 1. The van der Waals surface area contributed by atoms with E-state index in [9.17, 15) is 4.79 Å². The van der Waals surface area contributed by atoms with Gasteiger partial charge in [-0.1, -0.05) is 32.4 Å². The molecule has 0 heterocycles. The van der Waals surface area contributed by atoms with Crippen LogP contribution < -0.4 is 5.32 Å². The summed E-state index contributed by atoms with van der Waals surface area (Å²) in [5.41, 5.74) is 2.42. The summed E-state index contributed by atoms with van der Waals surface area (Å²) in [6.45, 7) is 5.84. The number of amides is 1. The quantitative estimate of drug-likeness (QED) is 0.779. The van der Waals surface area contributed by atoms with Gasteiger partial charge in [0.1, 0.15) is 0 Å². The van der Waals surface area contributed by atoms with Crippen molar-refractivity contribution >= 4 is 11.6 Å². The van der Waals surface area contributed by atoms with Gasteiger partial charge in [-0.3, -0.25) is 4.79 Å². The van der Waals surface area contributed by atoms with Gasteiger partial charge in [-0.05, 0) is 30.5 Å². The third-order valence-electron chi connectivity index (χ3n) is 3.30. The van der Waals surface area contributed by atoms with E-state index in [2.05, 4.69) is 43.4 Å². The molecule has 0 spiro atoms. The Labute approximate surface area is 117 Å². The normalized spacial score (nSPS) is 10.3. The second kappa shape index (κ2) is 8.57. The molecule has 0 saturated carbocycles. The number of anilines is 1. The van der Waals surface area contributed by atoms with Crippen molar-refractivity contribution in [1.82, 2.24) is 4.90 Å². The molecule has 0 aliphatic carbocycles. The minimum atomic E-state index is 0.214. The van der Waals surface area contributed by atoms with Crippen LogP contribution in [0.25, 0.3) is 0 Å². The third kappa shape index (κ3) is 5.77. The zero-order valence-electron chi connectivity index (χ0n) is 12.4. The van der Waals surface area contributed by atoms with E-state index in [-0.39, 0.29) is 5.91 Å². The number of benzene rings is 1. The minimum absolute atomic E-state index is 0.214. The van der Waals surface area contributed by atoms with Crippen LogP contribution in [-0.4, -0.2) is 30.9 Å². The van der Waals surface area contributed by atoms with E-state index >= 15 is 0 Å². The molecule has 1 amide bonds. The van der Waals surface area contributed by atoms with Gasteiger partial charge in [0.25, 0.3) is 0 Å². The maximum absolute atomic E-state index is 11.8. The number of nitrogens with zero attached hydrogens (tertiary/aromatic N) is 1. The first kappa shape index (κ1) is 15.5. The van der Waals surface area contributed by atoms with E-state index in [0.717, 1.165) is 31.5 Å². The summed E-state index contributed by atoms with van der Waals surface area (Å²) in [6.07, 6.45) is 3.81. The molecule has 106 valence electrons. The fraction of sp³-hybridized carbons (Fsp3) is 0.562. The molecule has 1 rings (SSSR count). The molecular weight excluding hydrogens is 236 g/mol. The maximum atomic E-state index is 11.8. The Bertz CT molecular complexity index is 373. The van der Waals surface area contributed by atoms with Crippen LogP contribution in [-0.2, 0) is 11.2 Å². The second-order valence-electron chi connectivity index (χ2n) is 4.90. The first-order valence-electron chi connectivity index (χ1n) is 7.24. The SMILES string of the molecule is CCCCN(C)C(=O)CCNc1ccc(CC)cc1. The van der Waals surface area contributed by atoms with E-state index in [1.54, 1.807) is 0 Å². The third-order valence-corrected chi connectivity index (χ3v) is 3.30. The first-order chi connectivity index (χ1) is 9.17.